The Labute approximate surface area is 144 Å². The van der Waals surface area contributed by atoms with Gasteiger partial charge in [-0.3, -0.25) is 0 Å². The molecule has 7 heteroatoms. The lowest BCUT2D eigenvalue weighted by molar-refractivity contribution is -0.145. The van der Waals surface area contributed by atoms with Gasteiger partial charge >= 0.3 is 12.1 Å². The average molecular weight is 354 g/mol. The molecule has 0 aromatic heterocycles. The first-order valence-corrected chi connectivity index (χ1v) is 8.40. The first-order valence-electron chi connectivity index (χ1n) is 8.40. The van der Waals surface area contributed by atoms with Crippen molar-refractivity contribution in [3.63, 3.8) is 0 Å². The fraction of sp³-hybridized carbons (Fsp3) is 0.500. The van der Waals surface area contributed by atoms with Crippen LogP contribution in [0.4, 0.5) is 18.9 Å². The van der Waals surface area contributed by atoms with Crippen molar-refractivity contribution in [2.45, 2.75) is 44.8 Å². The van der Waals surface area contributed by atoms with Gasteiger partial charge in [0, 0.05) is 12.7 Å². The molecule has 4 nitrogen and oxygen atoms in total. The molecule has 0 spiro atoms. The Morgan fingerprint density at radius 3 is 2.84 bits per heavy atom. The summed E-state index contributed by atoms with van der Waals surface area (Å²) in [5.41, 5.74) is 1.83. The van der Waals surface area contributed by atoms with Crippen molar-refractivity contribution in [2.24, 2.45) is 0 Å². The first-order chi connectivity index (χ1) is 11.8. The SMILES string of the molecule is CCOC(=O)C1CCCC2=C(N1)N(C)c1cc(C(F)(F)F)ccc1C2. The number of esters is 1. The fourth-order valence-electron chi connectivity index (χ4n) is 3.46. The average Bonchev–Trinajstić information content (AvgIpc) is 2.77. The highest BCUT2D eigenvalue weighted by atomic mass is 19.4. The second kappa shape index (κ2) is 6.61. The maximum Gasteiger partial charge on any atom is 0.416 e. The van der Waals surface area contributed by atoms with Gasteiger partial charge in [-0.05, 0) is 55.9 Å². The Morgan fingerprint density at radius 2 is 2.16 bits per heavy atom. The lowest BCUT2D eigenvalue weighted by Gasteiger charge is -2.34. The van der Waals surface area contributed by atoms with E-state index in [-0.39, 0.29) is 5.97 Å². The van der Waals surface area contributed by atoms with E-state index >= 15 is 0 Å². The van der Waals surface area contributed by atoms with Gasteiger partial charge in [-0.2, -0.15) is 13.2 Å². The van der Waals surface area contributed by atoms with Gasteiger partial charge in [0.1, 0.15) is 11.9 Å². The van der Waals surface area contributed by atoms with Crippen LogP contribution >= 0.6 is 0 Å². The van der Waals surface area contributed by atoms with E-state index in [2.05, 4.69) is 5.32 Å². The van der Waals surface area contributed by atoms with E-state index in [9.17, 15) is 18.0 Å². The van der Waals surface area contributed by atoms with Crippen molar-refractivity contribution in [2.75, 3.05) is 18.6 Å². The van der Waals surface area contributed by atoms with Crippen LogP contribution in [0.1, 0.15) is 37.3 Å². The molecule has 2 aliphatic heterocycles. The molecule has 3 rings (SSSR count). The van der Waals surface area contributed by atoms with Crippen LogP contribution < -0.4 is 10.2 Å². The van der Waals surface area contributed by atoms with Crippen LogP contribution in [0.15, 0.2) is 29.6 Å². The van der Waals surface area contributed by atoms with Crippen LogP contribution in [0.25, 0.3) is 0 Å². The number of rotatable bonds is 2. The Hall–Kier alpha value is -2.18. The number of hydrogen-bond acceptors (Lipinski definition) is 4. The Kier molecular flexibility index (Phi) is 4.67. The molecule has 0 radical (unpaired) electrons. The summed E-state index contributed by atoms with van der Waals surface area (Å²) >= 11 is 0. The van der Waals surface area contributed by atoms with Gasteiger partial charge in [-0.15, -0.1) is 0 Å². The fourth-order valence-corrected chi connectivity index (χ4v) is 3.46. The summed E-state index contributed by atoms with van der Waals surface area (Å²) in [5, 5.41) is 3.20. The summed E-state index contributed by atoms with van der Waals surface area (Å²) in [7, 11) is 1.73. The zero-order chi connectivity index (χ0) is 18.2. The van der Waals surface area contributed by atoms with E-state index in [1.54, 1.807) is 24.9 Å². The molecule has 0 saturated heterocycles. The van der Waals surface area contributed by atoms with Crippen LogP contribution in [-0.4, -0.2) is 25.7 Å². The number of nitrogens with one attached hydrogen (secondary N) is 1. The van der Waals surface area contributed by atoms with E-state index in [1.807, 2.05) is 0 Å². The Bertz CT molecular complexity index is 713. The van der Waals surface area contributed by atoms with Crippen molar-refractivity contribution < 1.29 is 22.7 Å². The summed E-state index contributed by atoms with van der Waals surface area (Å²) in [6, 6.07) is 3.38. The third-order valence-corrected chi connectivity index (χ3v) is 4.70. The van der Waals surface area contributed by atoms with Crippen LogP contribution in [0, 0.1) is 0 Å². The monoisotopic (exact) mass is 354 g/mol. The summed E-state index contributed by atoms with van der Waals surface area (Å²) in [5.74, 6) is 0.405. The van der Waals surface area contributed by atoms with Gasteiger partial charge in [-0.1, -0.05) is 6.07 Å². The number of hydrogen-bond donors (Lipinski definition) is 1. The molecule has 2 aliphatic rings. The van der Waals surface area contributed by atoms with Crippen molar-refractivity contribution >= 4 is 11.7 Å². The number of halogens is 3. The molecule has 2 heterocycles. The van der Waals surface area contributed by atoms with Crippen molar-refractivity contribution in [3.8, 4) is 0 Å². The first kappa shape index (κ1) is 17.6. The quantitative estimate of drug-likeness (QED) is 0.824. The number of ether oxygens (including phenoxy) is 1. The lowest BCUT2D eigenvalue weighted by atomic mass is 9.94. The summed E-state index contributed by atoms with van der Waals surface area (Å²) in [6.07, 6.45) is -1.50. The number of benzene rings is 1. The van der Waals surface area contributed by atoms with Gasteiger partial charge in [0.15, 0.2) is 0 Å². The van der Waals surface area contributed by atoms with Crippen molar-refractivity contribution in [3.05, 3.63) is 40.7 Å². The number of anilines is 1. The van der Waals surface area contributed by atoms with Gasteiger partial charge in [0.05, 0.1) is 12.2 Å². The molecule has 1 atom stereocenters. The molecule has 1 aromatic rings. The van der Waals surface area contributed by atoms with Crippen molar-refractivity contribution in [1.29, 1.82) is 0 Å². The standard InChI is InChI=1S/C18H21F3N2O2/c1-3-25-17(24)14-6-4-5-12-9-11-7-8-13(18(19,20)21)10-15(11)23(2)16(12)22-14/h7-8,10,14,22H,3-6,9H2,1-2H3. The minimum atomic E-state index is -4.38. The Balaban J connectivity index is 1.92. The summed E-state index contributed by atoms with van der Waals surface area (Å²) in [6.45, 7) is 2.05. The second-order valence-electron chi connectivity index (χ2n) is 6.37. The molecule has 1 aromatic carbocycles. The van der Waals surface area contributed by atoms with E-state index in [0.29, 0.717) is 25.1 Å². The molecule has 0 saturated carbocycles. The van der Waals surface area contributed by atoms with Gasteiger partial charge in [0.25, 0.3) is 0 Å². The van der Waals surface area contributed by atoms with Crippen molar-refractivity contribution in [1.82, 2.24) is 5.32 Å². The van der Waals surface area contributed by atoms with Gasteiger partial charge < -0.3 is 15.0 Å². The molecule has 1 N–H and O–H groups in total. The summed E-state index contributed by atoms with van der Waals surface area (Å²) in [4.78, 5) is 13.8. The van der Waals surface area contributed by atoms with Gasteiger partial charge in [-0.25, -0.2) is 4.79 Å². The molecule has 25 heavy (non-hydrogen) atoms. The number of nitrogens with zero attached hydrogens (tertiary/aromatic N) is 1. The number of alkyl halides is 3. The number of fused-ring (bicyclic) bond motifs is 1. The van der Waals surface area contributed by atoms with Gasteiger partial charge in [0.2, 0.25) is 0 Å². The van der Waals surface area contributed by atoms with E-state index in [1.165, 1.54) is 6.07 Å². The predicted octanol–water partition coefficient (Wildman–Crippen LogP) is 3.61. The maximum atomic E-state index is 13.0. The van der Waals surface area contributed by atoms with Crippen LogP contribution in [0.2, 0.25) is 0 Å². The molecule has 0 aliphatic carbocycles. The second-order valence-corrected chi connectivity index (χ2v) is 6.37. The topological polar surface area (TPSA) is 41.6 Å². The Morgan fingerprint density at radius 1 is 1.40 bits per heavy atom. The molecule has 0 fully saturated rings. The lowest BCUT2D eigenvalue weighted by Crippen LogP contribution is -2.42. The largest absolute Gasteiger partial charge is 0.464 e. The smallest absolute Gasteiger partial charge is 0.416 e. The normalized spacial score (nSPS) is 20.4. The third-order valence-electron chi connectivity index (χ3n) is 4.70. The van der Waals surface area contributed by atoms with Crippen LogP contribution in [0.3, 0.4) is 0 Å². The third kappa shape index (κ3) is 3.45. The molecule has 0 amide bonds. The van der Waals surface area contributed by atoms with E-state index in [0.717, 1.165) is 35.9 Å². The minimum absolute atomic E-state index is 0.302. The molecular formula is C18H21F3N2O2. The van der Waals surface area contributed by atoms with Crippen LogP contribution in [0.5, 0.6) is 0 Å². The zero-order valence-electron chi connectivity index (χ0n) is 14.2. The highest BCUT2D eigenvalue weighted by molar-refractivity contribution is 5.77. The predicted molar refractivity (Wildman–Crippen MR) is 88.0 cm³/mol. The van der Waals surface area contributed by atoms with E-state index in [4.69, 9.17) is 4.74 Å². The highest BCUT2D eigenvalue weighted by Crippen LogP contribution is 2.39. The van der Waals surface area contributed by atoms with E-state index < -0.39 is 17.8 Å². The molecule has 0 bridgehead atoms. The zero-order valence-corrected chi connectivity index (χ0v) is 14.2. The number of allylic oxidation sites excluding steroid dienone is 1. The molecule has 136 valence electrons. The number of carbonyl (C=O) groups is 1. The number of carbonyl (C=O) groups excluding carboxylic acids is 1. The van der Waals surface area contributed by atoms with Crippen LogP contribution in [-0.2, 0) is 22.1 Å². The molecule has 1 unspecified atom stereocenters. The maximum absolute atomic E-state index is 13.0. The summed E-state index contributed by atoms with van der Waals surface area (Å²) < 4.78 is 44.2. The minimum Gasteiger partial charge on any atom is -0.464 e. The highest BCUT2D eigenvalue weighted by Gasteiger charge is 2.34. The molecular weight excluding hydrogens is 333 g/mol.